The second-order valence-electron chi connectivity index (χ2n) is 1.64. The Balaban J connectivity index is 3.19. The molecule has 10 heavy (non-hydrogen) atoms. The Bertz CT molecular complexity index is 264. The summed E-state index contributed by atoms with van der Waals surface area (Å²) in [5.41, 5.74) is 0.365. The molecule has 52 valence electrons. The van der Waals surface area contributed by atoms with Crippen molar-refractivity contribution in [2.24, 2.45) is 0 Å². The van der Waals surface area contributed by atoms with E-state index in [9.17, 15) is 4.79 Å². The predicted octanol–water partition coefficient (Wildman–Crippen LogP) is 2.31. The van der Waals surface area contributed by atoms with Crippen LogP contribution in [0.3, 0.4) is 0 Å². The third-order valence-electron chi connectivity index (χ3n) is 0.948. The SMILES string of the molecule is O=Cc1ncc(Cl)cc1Br. The number of nitrogens with zero attached hydrogens (tertiary/aromatic N) is 1. The number of hydrogen-bond acceptors (Lipinski definition) is 2. The zero-order valence-corrected chi connectivity index (χ0v) is 7.19. The molecule has 0 spiro atoms. The Hall–Kier alpha value is -0.410. The quantitative estimate of drug-likeness (QED) is 0.680. The van der Waals surface area contributed by atoms with Gasteiger partial charge in [-0.1, -0.05) is 11.6 Å². The number of pyridine rings is 1. The monoisotopic (exact) mass is 219 g/mol. The van der Waals surface area contributed by atoms with Gasteiger partial charge in [0.05, 0.1) is 5.02 Å². The molecule has 0 aliphatic heterocycles. The number of carbonyl (C=O) groups is 1. The number of rotatable bonds is 1. The van der Waals surface area contributed by atoms with Crippen LogP contribution in [-0.2, 0) is 0 Å². The molecule has 0 saturated heterocycles. The highest BCUT2D eigenvalue weighted by atomic mass is 79.9. The van der Waals surface area contributed by atoms with Crippen LogP contribution < -0.4 is 0 Å². The van der Waals surface area contributed by atoms with Gasteiger partial charge >= 0.3 is 0 Å². The first-order valence-corrected chi connectivity index (χ1v) is 3.67. The molecule has 0 radical (unpaired) electrons. The summed E-state index contributed by atoms with van der Waals surface area (Å²) < 4.78 is 0.620. The topological polar surface area (TPSA) is 30.0 Å². The molecule has 0 unspecified atom stereocenters. The average Bonchev–Trinajstić information content (AvgIpc) is 1.88. The number of aromatic nitrogens is 1. The van der Waals surface area contributed by atoms with E-state index in [0.29, 0.717) is 21.5 Å². The van der Waals surface area contributed by atoms with Gasteiger partial charge in [0.1, 0.15) is 5.69 Å². The largest absolute Gasteiger partial charge is 0.296 e. The van der Waals surface area contributed by atoms with Gasteiger partial charge in [0, 0.05) is 10.7 Å². The highest BCUT2D eigenvalue weighted by Crippen LogP contribution is 2.17. The van der Waals surface area contributed by atoms with Crippen molar-refractivity contribution in [3.63, 3.8) is 0 Å². The number of aldehydes is 1. The molecule has 1 rings (SSSR count). The van der Waals surface area contributed by atoms with Gasteiger partial charge in [0.2, 0.25) is 0 Å². The third-order valence-corrected chi connectivity index (χ3v) is 1.79. The van der Waals surface area contributed by atoms with E-state index < -0.39 is 0 Å². The van der Waals surface area contributed by atoms with Gasteiger partial charge in [-0.2, -0.15) is 0 Å². The van der Waals surface area contributed by atoms with E-state index in [1.54, 1.807) is 6.07 Å². The second kappa shape index (κ2) is 3.12. The van der Waals surface area contributed by atoms with Crippen molar-refractivity contribution in [2.75, 3.05) is 0 Å². The molecule has 0 aliphatic carbocycles. The maximum atomic E-state index is 10.2. The number of carbonyl (C=O) groups excluding carboxylic acids is 1. The van der Waals surface area contributed by atoms with Crippen LogP contribution in [0.5, 0.6) is 0 Å². The molecule has 2 nitrogen and oxygen atoms in total. The van der Waals surface area contributed by atoms with E-state index in [0.717, 1.165) is 0 Å². The normalized spacial score (nSPS) is 9.40. The van der Waals surface area contributed by atoms with Crippen LogP contribution in [0.2, 0.25) is 5.02 Å². The van der Waals surface area contributed by atoms with Crippen molar-refractivity contribution in [2.45, 2.75) is 0 Å². The zero-order chi connectivity index (χ0) is 7.56. The van der Waals surface area contributed by atoms with Gasteiger partial charge in [0.15, 0.2) is 6.29 Å². The van der Waals surface area contributed by atoms with E-state index in [4.69, 9.17) is 11.6 Å². The van der Waals surface area contributed by atoms with E-state index in [2.05, 4.69) is 20.9 Å². The van der Waals surface area contributed by atoms with E-state index in [1.165, 1.54) is 6.20 Å². The summed E-state index contributed by atoms with van der Waals surface area (Å²) in [6, 6.07) is 1.62. The van der Waals surface area contributed by atoms with Crippen molar-refractivity contribution in [1.29, 1.82) is 0 Å². The smallest absolute Gasteiger partial charge is 0.169 e. The van der Waals surface area contributed by atoms with E-state index in [-0.39, 0.29) is 0 Å². The van der Waals surface area contributed by atoms with Crippen LogP contribution in [0.4, 0.5) is 0 Å². The molecule has 0 fully saturated rings. The molecule has 1 aromatic heterocycles. The molecule has 0 saturated carbocycles. The average molecular weight is 220 g/mol. The second-order valence-corrected chi connectivity index (χ2v) is 2.93. The minimum atomic E-state index is 0.365. The summed E-state index contributed by atoms with van der Waals surface area (Å²) in [6.07, 6.45) is 2.09. The fourth-order valence-corrected chi connectivity index (χ4v) is 1.24. The molecular formula is C6H3BrClNO. The van der Waals surface area contributed by atoms with Crippen molar-refractivity contribution >= 4 is 33.8 Å². The fourth-order valence-electron chi connectivity index (χ4n) is 0.512. The predicted molar refractivity (Wildman–Crippen MR) is 42.3 cm³/mol. The van der Waals surface area contributed by atoms with Crippen LogP contribution in [-0.4, -0.2) is 11.3 Å². The van der Waals surface area contributed by atoms with Crippen LogP contribution in [0.1, 0.15) is 10.5 Å². The highest BCUT2D eigenvalue weighted by Gasteiger charge is 1.98. The van der Waals surface area contributed by atoms with Gasteiger partial charge in [-0.15, -0.1) is 0 Å². The fraction of sp³-hybridized carbons (Fsp3) is 0. The summed E-state index contributed by atoms with van der Waals surface area (Å²) >= 11 is 8.69. The summed E-state index contributed by atoms with van der Waals surface area (Å²) in [4.78, 5) is 14.0. The molecule has 0 bridgehead atoms. The van der Waals surface area contributed by atoms with Crippen LogP contribution in [0.15, 0.2) is 16.7 Å². The zero-order valence-electron chi connectivity index (χ0n) is 4.84. The van der Waals surface area contributed by atoms with Crippen LogP contribution in [0.25, 0.3) is 0 Å². The summed E-state index contributed by atoms with van der Waals surface area (Å²) in [7, 11) is 0. The molecule has 4 heteroatoms. The lowest BCUT2D eigenvalue weighted by Crippen LogP contribution is -1.86. The van der Waals surface area contributed by atoms with Crippen molar-refractivity contribution in [3.05, 3.63) is 27.5 Å². The Morgan fingerprint density at radius 1 is 1.70 bits per heavy atom. The van der Waals surface area contributed by atoms with Gasteiger partial charge in [-0.05, 0) is 22.0 Å². The van der Waals surface area contributed by atoms with Gasteiger partial charge in [-0.3, -0.25) is 9.78 Å². The Morgan fingerprint density at radius 3 is 2.90 bits per heavy atom. The van der Waals surface area contributed by atoms with E-state index >= 15 is 0 Å². The first kappa shape index (κ1) is 7.69. The summed E-state index contributed by atoms with van der Waals surface area (Å²) in [5.74, 6) is 0. The molecule has 0 amide bonds. The minimum Gasteiger partial charge on any atom is -0.296 e. The van der Waals surface area contributed by atoms with Gasteiger partial charge in [0.25, 0.3) is 0 Å². The molecular weight excluding hydrogens is 217 g/mol. The highest BCUT2D eigenvalue weighted by molar-refractivity contribution is 9.10. The molecule has 0 N–H and O–H groups in total. The van der Waals surface area contributed by atoms with Crippen LogP contribution in [0, 0.1) is 0 Å². The Labute approximate surface area is 71.3 Å². The lowest BCUT2D eigenvalue weighted by Gasteiger charge is -1.93. The maximum absolute atomic E-state index is 10.2. The first-order valence-electron chi connectivity index (χ1n) is 2.50. The third kappa shape index (κ3) is 1.55. The van der Waals surface area contributed by atoms with E-state index in [1.807, 2.05) is 0 Å². The van der Waals surface area contributed by atoms with Crippen molar-refractivity contribution in [1.82, 2.24) is 4.98 Å². The summed E-state index contributed by atoms with van der Waals surface area (Å²) in [5, 5.41) is 0.512. The molecule has 0 aromatic carbocycles. The summed E-state index contributed by atoms with van der Waals surface area (Å²) in [6.45, 7) is 0. The standard InChI is InChI=1S/C6H3BrClNO/c7-5-1-4(8)2-9-6(5)3-10/h1-3H. The number of hydrogen-bond donors (Lipinski definition) is 0. The molecule has 0 aliphatic rings. The van der Waals surface area contributed by atoms with Gasteiger partial charge in [-0.25, -0.2) is 0 Å². The molecule has 1 aromatic rings. The van der Waals surface area contributed by atoms with Crippen molar-refractivity contribution in [3.8, 4) is 0 Å². The van der Waals surface area contributed by atoms with Crippen molar-refractivity contribution < 1.29 is 4.79 Å². The number of halogens is 2. The Morgan fingerprint density at radius 2 is 2.40 bits per heavy atom. The lowest BCUT2D eigenvalue weighted by molar-refractivity contribution is 0.111. The lowest BCUT2D eigenvalue weighted by atomic mass is 10.4. The molecule has 1 heterocycles. The van der Waals surface area contributed by atoms with Gasteiger partial charge < -0.3 is 0 Å². The minimum absolute atomic E-state index is 0.365. The maximum Gasteiger partial charge on any atom is 0.169 e. The Kier molecular flexibility index (Phi) is 2.40. The molecule has 0 atom stereocenters. The first-order chi connectivity index (χ1) is 4.74. The van der Waals surface area contributed by atoms with Crippen LogP contribution >= 0.6 is 27.5 Å².